The van der Waals surface area contributed by atoms with E-state index in [-0.39, 0.29) is 17.8 Å². The molecule has 1 fully saturated rings. The summed E-state index contributed by atoms with van der Waals surface area (Å²) in [5.41, 5.74) is 2.50. The summed E-state index contributed by atoms with van der Waals surface area (Å²) >= 11 is 1.40. The highest BCUT2D eigenvalue weighted by atomic mass is 32.1. The number of ether oxygens (including phenoxy) is 2. The van der Waals surface area contributed by atoms with Gasteiger partial charge in [0.2, 0.25) is 0 Å². The summed E-state index contributed by atoms with van der Waals surface area (Å²) in [5.74, 6) is 0.258. The zero-order chi connectivity index (χ0) is 22.3. The van der Waals surface area contributed by atoms with Crippen LogP contribution in [0.3, 0.4) is 0 Å². The summed E-state index contributed by atoms with van der Waals surface area (Å²) in [5, 5.41) is 5.47. The molecule has 1 N–H and O–H groups in total. The summed E-state index contributed by atoms with van der Waals surface area (Å²) in [6.45, 7) is 5.54. The maximum Gasteiger partial charge on any atom is 0.270 e. The molecule has 1 atom stereocenters. The zero-order valence-corrected chi connectivity index (χ0v) is 18.7. The van der Waals surface area contributed by atoms with Crippen LogP contribution in [0.2, 0.25) is 0 Å². The lowest BCUT2D eigenvalue weighted by molar-refractivity contribution is 0.0162. The van der Waals surface area contributed by atoms with Gasteiger partial charge >= 0.3 is 0 Å². The molecular weight excluding hydrogens is 429 g/mol. The highest BCUT2D eigenvalue weighted by Gasteiger charge is 2.24. The number of nitrogens with zero attached hydrogens (tertiary/aromatic N) is 2. The predicted octanol–water partition coefficient (Wildman–Crippen LogP) is 3.97. The summed E-state index contributed by atoms with van der Waals surface area (Å²) in [7, 11) is 0. The van der Waals surface area contributed by atoms with Crippen LogP contribution in [-0.4, -0.2) is 48.6 Å². The average molecular weight is 456 g/mol. The highest BCUT2D eigenvalue weighted by molar-refractivity contribution is 7.09. The fraction of sp³-hybridized carbons (Fsp3) is 0.333. The fourth-order valence-corrected chi connectivity index (χ4v) is 4.26. The molecule has 2 heterocycles. The molecule has 6 nitrogen and oxygen atoms in total. The molecule has 0 radical (unpaired) electrons. The third-order valence-electron chi connectivity index (χ3n) is 5.36. The van der Waals surface area contributed by atoms with Crippen molar-refractivity contribution in [2.24, 2.45) is 0 Å². The third-order valence-corrected chi connectivity index (χ3v) is 6.19. The first-order chi connectivity index (χ1) is 15.6. The van der Waals surface area contributed by atoms with Crippen LogP contribution in [0, 0.1) is 12.7 Å². The minimum absolute atomic E-state index is 0.0635. The van der Waals surface area contributed by atoms with Crippen LogP contribution in [-0.2, 0) is 11.3 Å². The van der Waals surface area contributed by atoms with Gasteiger partial charge in [0.15, 0.2) is 0 Å². The van der Waals surface area contributed by atoms with Crippen molar-refractivity contribution in [1.29, 1.82) is 0 Å². The smallest absolute Gasteiger partial charge is 0.270 e. The number of aromatic nitrogens is 1. The molecule has 0 spiro atoms. The second-order valence-electron chi connectivity index (χ2n) is 7.65. The largest absolute Gasteiger partial charge is 0.486 e. The van der Waals surface area contributed by atoms with Gasteiger partial charge < -0.3 is 14.8 Å². The first-order valence-electron chi connectivity index (χ1n) is 10.6. The van der Waals surface area contributed by atoms with Crippen molar-refractivity contribution >= 4 is 17.2 Å². The summed E-state index contributed by atoms with van der Waals surface area (Å²) < 4.78 is 24.6. The van der Waals surface area contributed by atoms with Crippen LogP contribution in [0.5, 0.6) is 5.75 Å². The van der Waals surface area contributed by atoms with Crippen LogP contribution >= 0.6 is 11.3 Å². The number of carbonyl (C=O) groups excluding carboxylic acids is 1. The van der Waals surface area contributed by atoms with Crippen molar-refractivity contribution in [1.82, 2.24) is 15.2 Å². The molecule has 1 aromatic heterocycles. The Morgan fingerprint density at radius 2 is 1.91 bits per heavy atom. The Labute approximate surface area is 191 Å². The molecule has 1 aliphatic rings. The van der Waals surface area contributed by atoms with E-state index >= 15 is 0 Å². The van der Waals surface area contributed by atoms with Crippen molar-refractivity contribution in [2.75, 3.05) is 32.8 Å². The lowest BCUT2D eigenvalue weighted by atomic mass is 10.0. The van der Waals surface area contributed by atoms with E-state index in [1.807, 2.05) is 31.2 Å². The standard InChI is InChI=1S/C24H26FN3O3S/c1-17-2-8-20(9-3-17)31-15-23-27-21(16-32-23)24(29)26-14-22(28-10-12-30-13-11-28)18-4-6-19(25)7-5-18/h2-9,16,22H,10-15H2,1H3,(H,26,29)/t22-/m0/s1. The molecule has 3 aromatic rings. The number of carbonyl (C=O) groups is 1. The normalized spacial score (nSPS) is 15.3. The SMILES string of the molecule is Cc1ccc(OCc2nc(C(=O)NC[C@@H](c3ccc(F)cc3)N3CCOCC3)cs2)cc1. The quantitative estimate of drug-likeness (QED) is 0.557. The number of thiazole rings is 1. The molecule has 1 amide bonds. The minimum atomic E-state index is -0.277. The van der Waals surface area contributed by atoms with E-state index in [1.54, 1.807) is 17.5 Å². The second-order valence-corrected chi connectivity index (χ2v) is 8.60. The van der Waals surface area contributed by atoms with Crippen LogP contribution < -0.4 is 10.1 Å². The molecular formula is C24H26FN3O3S. The monoisotopic (exact) mass is 455 g/mol. The molecule has 1 saturated heterocycles. The van der Waals surface area contributed by atoms with Crippen LogP contribution in [0.1, 0.15) is 32.7 Å². The van der Waals surface area contributed by atoms with Gasteiger partial charge in [0, 0.05) is 25.0 Å². The molecule has 8 heteroatoms. The van der Waals surface area contributed by atoms with E-state index in [4.69, 9.17) is 9.47 Å². The van der Waals surface area contributed by atoms with E-state index in [2.05, 4.69) is 15.2 Å². The Morgan fingerprint density at radius 3 is 2.62 bits per heavy atom. The van der Waals surface area contributed by atoms with Gasteiger partial charge in [-0.1, -0.05) is 29.8 Å². The number of hydrogen-bond donors (Lipinski definition) is 1. The van der Waals surface area contributed by atoms with Crippen LogP contribution in [0.4, 0.5) is 4.39 Å². The topological polar surface area (TPSA) is 63.7 Å². The maximum absolute atomic E-state index is 13.4. The molecule has 4 rings (SSSR count). The predicted molar refractivity (Wildman–Crippen MR) is 121 cm³/mol. The van der Waals surface area contributed by atoms with E-state index in [1.165, 1.54) is 29.0 Å². The van der Waals surface area contributed by atoms with Gasteiger partial charge in [-0.2, -0.15) is 0 Å². The first-order valence-corrected chi connectivity index (χ1v) is 11.5. The highest BCUT2D eigenvalue weighted by Crippen LogP contribution is 2.22. The Kier molecular flexibility index (Phi) is 7.47. The van der Waals surface area contributed by atoms with Crippen molar-refractivity contribution in [3.63, 3.8) is 0 Å². The number of morpholine rings is 1. The third kappa shape index (κ3) is 5.91. The second kappa shape index (κ2) is 10.7. The van der Waals surface area contributed by atoms with Crippen molar-refractivity contribution in [3.8, 4) is 5.75 Å². The van der Waals surface area contributed by atoms with Crippen molar-refractivity contribution in [3.05, 3.63) is 81.6 Å². The van der Waals surface area contributed by atoms with Gasteiger partial charge in [-0.3, -0.25) is 9.69 Å². The first kappa shape index (κ1) is 22.4. The Bertz CT molecular complexity index is 1020. The molecule has 32 heavy (non-hydrogen) atoms. The number of amides is 1. The number of hydrogen-bond acceptors (Lipinski definition) is 6. The molecule has 0 unspecified atom stereocenters. The molecule has 0 saturated carbocycles. The fourth-order valence-electron chi connectivity index (χ4n) is 3.57. The van der Waals surface area contributed by atoms with E-state index < -0.39 is 0 Å². The number of halogens is 1. The number of nitrogens with one attached hydrogen (secondary N) is 1. The van der Waals surface area contributed by atoms with Gasteiger partial charge in [-0.15, -0.1) is 11.3 Å². The van der Waals surface area contributed by atoms with E-state index in [0.717, 1.165) is 29.4 Å². The molecule has 2 aromatic carbocycles. The van der Waals surface area contributed by atoms with Crippen LogP contribution in [0.15, 0.2) is 53.9 Å². The number of rotatable bonds is 8. The van der Waals surface area contributed by atoms with E-state index in [0.29, 0.717) is 32.1 Å². The summed E-state index contributed by atoms with van der Waals surface area (Å²) in [4.78, 5) is 19.4. The number of aryl methyl sites for hydroxylation is 1. The molecule has 168 valence electrons. The van der Waals surface area contributed by atoms with Crippen molar-refractivity contribution < 1.29 is 18.7 Å². The average Bonchev–Trinajstić information content (AvgIpc) is 3.30. The summed E-state index contributed by atoms with van der Waals surface area (Å²) in [6, 6.07) is 14.2. The Balaban J connectivity index is 1.36. The van der Waals surface area contributed by atoms with Crippen LogP contribution in [0.25, 0.3) is 0 Å². The van der Waals surface area contributed by atoms with Gasteiger partial charge in [0.1, 0.15) is 28.9 Å². The molecule has 0 aliphatic carbocycles. The van der Waals surface area contributed by atoms with Gasteiger partial charge in [-0.25, -0.2) is 9.37 Å². The van der Waals surface area contributed by atoms with E-state index in [9.17, 15) is 9.18 Å². The number of benzene rings is 2. The van der Waals surface area contributed by atoms with Crippen molar-refractivity contribution in [2.45, 2.75) is 19.6 Å². The Hall–Kier alpha value is -2.81. The summed E-state index contributed by atoms with van der Waals surface area (Å²) in [6.07, 6.45) is 0. The minimum Gasteiger partial charge on any atom is -0.486 e. The lowest BCUT2D eigenvalue weighted by Crippen LogP contribution is -2.43. The lowest BCUT2D eigenvalue weighted by Gasteiger charge is -2.34. The zero-order valence-electron chi connectivity index (χ0n) is 17.9. The molecule has 1 aliphatic heterocycles. The van der Waals surface area contributed by atoms with Gasteiger partial charge in [-0.05, 0) is 36.8 Å². The Morgan fingerprint density at radius 1 is 1.19 bits per heavy atom. The molecule has 0 bridgehead atoms. The van der Waals surface area contributed by atoms with Gasteiger partial charge in [0.25, 0.3) is 5.91 Å². The van der Waals surface area contributed by atoms with Gasteiger partial charge in [0.05, 0.1) is 19.3 Å². The maximum atomic E-state index is 13.4.